The molecule has 106 valence electrons. The third kappa shape index (κ3) is 2.81. The van der Waals surface area contributed by atoms with Crippen LogP contribution >= 0.6 is 0 Å². The summed E-state index contributed by atoms with van der Waals surface area (Å²) >= 11 is 0. The third-order valence-corrected chi connectivity index (χ3v) is 3.81. The molecule has 4 nitrogen and oxygen atoms in total. The van der Waals surface area contributed by atoms with Gasteiger partial charge in [-0.3, -0.25) is 0 Å². The topological polar surface area (TPSA) is 51.0 Å². The Morgan fingerprint density at radius 2 is 1.90 bits per heavy atom. The Kier molecular flexibility index (Phi) is 3.16. The van der Waals surface area contributed by atoms with Gasteiger partial charge in [0.05, 0.1) is 0 Å². The number of fused-ring (bicyclic) bond motifs is 1. The van der Waals surface area contributed by atoms with Crippen molar-refractivity contribution in [2.24, 2.45) is 0 Å². The van der Waals surface area contributed by atoms with Crippen LogP contribution in [0.25, 0.3) is 22.2 Å². The first-order valence-electron chi connectivity index (χ1n) is 7.43. The Hall–Kier alpha value is -2.20. The highest BCUT2D eigenvalue weighted by atomic mass is 16.4. The molecule has 2 aromatic carbocycles. The van der Waals surface area contributed by atoms with Gasteiger partial charge in [-0.25, -0.2) is 0 Å². The van der Waals surface area contributed by atoms with Crippen LogP contribution in [0.4, 0.5) is 0 Å². The molecule has 0 radical (unpaired) electrons. The molecule has 1 aromatic heterocycles. The molecule has 1 N–H and O–H groups in total. The predicted molar refractivity (Wildman–Crippen MR) is 82.0 cm³/mol. The first kappa shape index (κ1) is 12.5. The van der Waals surface area contributed by atoms with E-state index in [1.165, 1.54) is 23.6 Å². The van der Waals surface area contributed by atoms with Crippen molar-refractivity contribution in [3.05, 3.63) is 48.4 Å². The quantitative estimate of drug-likeness (QED) is 0.779. The zero-order chi connectivity index (χ0) is 14.1. The van der Waals surface area contributed by atoms with Crippen LogP contribution in [0.2, 0.25) is 0 Å². The number of aromatic nitrogens is 2. The van der Waals surface area contributed by atoms with Crippen LogP contribution in [0.5, 0.6) is 0 Å². The summed E-state index contributed by atoms with van der Waals surface area (Å²) in [5.41, 5.74) is 0.975. The van der Waals surface area contributed by atoms with E-state index in [4.69, 9.17) is 4.42 Å². The minimum atomic E-state index is 0.599. The molecule has 4 heteroatoms. The van der Waals surface area contributed by atoms with Crippen LogP contribution in [-0.4, -0.2) is 22.8 Å². The second-order valence-electron chi connectivity index (χ2n) is 5.54. The number of rotatable bonds is 5. The summed E-state index contributed by atoms with van der Waals surface area (Å²) in [6.45, 7) is 0.907. The van der Waals surface area contributed by atoms with Gasteiger partial charge in [0.25, 0.3) is 0 Å². The Bertz CT molecular complexity index is 761. The van der Waals surface area contributed by atoms with E-state index in [0.717, 1.165) is 18.5 Å². The maximum atomic E-state index is 5.76. The SMILES string of the molecule is c1ccc2cc(-c3nnc(CCNC4CC4)o3)ccc2c1. The lowest BCUT2D eigenvalue weighted by Gasteiger charge is -2.00. The van der Waals surface area contributed by atoms with E-state index in [0.29, 0.717) is 17.8 Å². The normalized spacial score (nSPS) is 14.7. The fourth-order valence-corrected chi connectivity index (χ4v) is 2.46. The fourth-order valence-electron chi connectivity index (χ4n) is 2.46. The zero-order valence-corrected chi connectivity index (χ0v) is 11.7. The molecular weight excluding hydrogens is 262 g/mol. The molecule has 3 aromatic rings. The first-order chi connectivity index (χ1) is 10.4. The van der Waals surface area contributed by atoms with Crippen molar-refractivity contribution in [2.45, 2.75) is 25.3 Å². The van der Waals surface area contributed by atoms with Crippen molar-refractivity contribution in [3.63, 3.8) is 0 Å². The van der Waals surface area contributed by atoms with E-state index < -0.39 is 0 Å². The minimum absolute atomic E-state index is 0.599. The maximum absolute atomic E-state index is 5.76. The van der Waals surface area contributed by atoms with Gasteiger partial charge >= 0.3 is 0 Å². The van der Waals surface area contributed by atoms with E-state index in [1.54, 1.807) is 0 Å². The van der Waals surface area contributed by atoms with Gasteiger partial charge in [0.2, 0.25) is 11.8 Å². The molecule has 1 heterocycles. The Labute approximate surface area is 123 Å². The monoisotopic (exact) mass is 279 g/mol. The highest BCUT2D eigenvalue weighted by Crippen LogP contribution is 2.23. The first-order valence-corrected chi connectivity index (χ1v) is 7.43. The van der Waals surface area contributed by atoms with E-state index in [2.05, 4.69) is 39.8 Å². The summed E-state index contributed by atoms with van der Waals surface area (Å²) in [4.78, 5) is 0. The van der Waals surface area contributed by atoms with Gasteiger partial charge in [-0.05, 0) is 35.7 Å². The van der Waals surface area contributed by atoms with Crippen molar-refractivity contribution < 1.29 is 4.42 Å². The van der Waals surface area contributed by atoms with Crippen LogP contribution in [0.15, 0.2) is 46.9 Å². The number of nitrogens with zero attached hydrogens (tertiary/aromatic N) is 2. The molecule has 0 amide bonds. The van der Waals surface area contributed by atoms with Gasteiger partial charge in [0, 0.05) is 24.6 Å². The van der Waals surface area contributed by atoms with Crippen molar-refractivity contribution in [3.8, 4) is 11.5 Å². The summed E-state index contributed by atoms with van der Waals surface area (Å²) in [6, 6.07) is 15.2. The average Bonchev–Trinajstić information content (AvgIpc) is 3.23. The van der Waals surface area contributed by atoms with Crippen LogP contribution in [0.3, 0.4) is 0 Å². The van der Waals surface area contributed by atoms with Crippen molar-refractivity contribution >= 4 is 10.8 Å². The van der Waals surface area contributed by atoms with Gasteiger partial charge in [-0.15, -0.1) is 10.2 Å². The Morgan fingerprint density at radius 3 is 2.76 bits per heavy atom. The number of hydrogen-bond acceptors (Lipinski definition) is 4. The van der Waals surface area contributed by atoms with Crippen LogP contribution < -0.4 is 5.32 Å². The molecule has 0 saturated heterocycles. The van der Waals surface area contributed by atoms with E-state index in [-0.39, 0.29) is 0 Å². The molecule has 1 fully saturated rings. The zero-order valence-electron chi connectivity index (χ0n) is 11.7. The lowest BCUT2D eigenvalue weighted by Crippen LogP contribution is -2.19. The van der Waals surface area contributed by atoms with Crippen molar-refractivity contribution in [1.82, 2.24) is 15.5 Å². The smallest absolute Gasteiger partial charge is 0.247 e. The molecule has 0 aliphatic heterocycles. The predicted octanol–water partition coefficient (Wildman–Crippen LogP) is 3.18. The van der Waals surface area contributed by atoms with Gasteiger partial charge in [0.1, 0.15) is 0 Å². The molecule has 0 spiro atoms. The summed E-state index contributed by atoms with van der Waals surface area (Å²) < 4.78 is 5.76. The molecule has 0 unspecified atom stereocenters. The van der Waals surface area contributed by atoms with Gasteiger partial charge < -0.3 is 9.73 Å². The minimum Gasteiger partial charge on any atom is -0.421 e. The Balaban J connectivity index is 1.52. The van der Waals surface area contributed by atoms with Gasteiger partial charge in [-0.2, -0.15) is 0 Å². The molecule has 21 heavy (non-hydrogen) atoms. The lowest BCUT2D eigenvalue weighted by molar-refractivity contribution is 0.494. The molecule has 0 bridgehead atoms. The van der Waals surface area contributed by atoms with Crippen LogP contribution in [-0.2, 0) is 6.42 Å². The van der Waals surface area contributed by atoms with Crippen LogP contribution in [0, 0.1) is 0 Å². The Morgan fingerprint density at radius 1 is 1.05 bits per heavy atom. The van der Waals surface area contributed by atoms with Gasteiger partial charge in [0.15, 0.2) is 0 Å². The molecule has 4 rings (SSSR count). The molecule has 0 atom stereocenters. The summed E-state index contributed by atoms with van der Waals surface area (Å²) in [5, 5.41) is 14.1. The fraction of sp³-hybridized carbons (Fsp3) is 0.294. The van der Waals surface area contributed by atoms with Gasteiger partial charge in [-0.1, -0.05) is 30.3 Å². The van der Waals surface area contributed by atoms with E-state index in [9.17, 15) is 0 Å². The molecule has 1 aliphatic rings. The van der Waals surface area contributed by atoms with Crippen molar-refractivity contribution in [1.29, 1.82) is 0 Å². The standard InChI is InChI=1S/C17H17N3O/c1-2-4-13-11-14(6-5-12(13)3-1)17-20-19-16(21-17)9-10-18-15-7-8-15/h1-6,11,15,18H,7-10H2. The summed E-state index contributed by atoms with van der Waals surface area (Å²) in [7, 11) is 0. The lowest BCUT2D eigenvalue weighted by atomic mass is 10.1. The summed E-state index contributed by atoms with van der Waals surface area (Å²) in [5.74, 6) is 1.30. The largest absolute Gasteiger partial charge is 0.421 e. The molecular formula is C17H17N3O. The van der Waals surface area contributed by atoms with Crippen LogP contribution in [0.1, 0.15) is 18.7 Å². The number of benzene rings is 2. The number of nitrogens with one attached hydrogen (secondary N) is 1. The third-order valence-electron chi connectivity index (χ3n) is 3.81. The van der Waals surface area contributed by atoms with Crippen molar-refractivity contribution in [2.75, 3.05) is 6.54 Å². The average molecular weight is 279 g/mol. The highest BCUT2D eigenvalue weighted by molar-refractivity contribution is 5.86. The highest BCUT2D eigenvalue weighted by Gasteiger charge is 2.20. The summed E-state index contributed by atoms with van der Waals surface area (Å²) in [6.07, 6.45) is 3.38. The number of hydrogen-bond donors (Lipinski definition) is 1. The molecule has 1 saturated carbocycles. The second kappa shape index (κ2) is 5.30. The maximum Gasteiger partial charge on any atom is 0.247 e. The molecule has 1 aliphatic carbocycles. The van der Waals surface area contributed by atoms with E-state index >= 15 is 0 Å². The second-order valence-corrected chi connectivity index (χ2v) is 5.54. The van der Waals surface area contributed by atoms with E-state index in [1.807, 2.05) is 18.2 Å².